The minimum absolute atomic E-state index is 0.167. The van der Waals surface area contributed by atoms with E-state index >= 15 is 0 Å². The fraction of sp³-hybridized carbons (Fsp3) is 0.538. The summed E-state index contributed by atoms with van der Waals surface area (Å²) >= 11 is 5.99. The van der Waals surface area contributed by atoms with Crippen molar-refractivity contribution in [3.8, 4) is 5.75 Å². The van der Waals surface area contributed by atoms with Crippen LogP contribution in [0.4, 0.5) is 0 Å². The van der Waals surface area contributed by atoms with Gasteiger partial charge in [-0.1, -0.05) is 11.6 Å². The molecule has 2 rings (SSSR count). The molecule has 0 aromatic heterocycles. The Balaban J connectivity index is 2.07. The highest BCUT2D eigenvalue weighted by Gasteiger charge is 2.16. The van der Waals surface area contributed by atoms with Crippen LogP contribution in [0, 0.1) is 0 Å². The summed E-state index contributed by atoms with van der Waals surface area (Å²) < 4.78 is 11.4. The summed E-state index contributed by atoms with van der Waals surface area (Å²) in [5.41, 5.74) is 1.09. The first kappa shape index (κ1) is 12.7. The highest BCUT2D eigenvalue weighted by atomic mass is 35.5. The molecule has 94 valence electrons. The molecule has 1 aromatic carbocycles. The molecule has 1 fully saturated rings. The number of rotatable bonds is 4. The second-order valence-electron chi connectivity index (χ2n) is 4.24. The first-order valence-corrected chi connectivity index (χ1v) is 6.35. The molecule has 1 unspecified atom stereocenters. The lowest BCUT2D eigenvalue weighted by molar-refractivity contribution is 0.00701. The summed E-state index contributed by atoms with van der Waals surface area (Å²) in [7, 11) is 1.91. The third-order valence-electron chi connectivity index (χ3n) is 2.80. The predicted octanol–water partition coefficient (Wildman–Crippen LogP) is 2.62. The summed E-state index contributed by atoms with van der Waals surface area (Å²) in [5.74, 6) is 0.902. The molecule has 1 saturated heterocycles. The first-order chi connectivity index (χ1) is 8.29. The molecule has 0 saturated carbocycles. The molecule has 1 N–H and O–H groups in total. The van der Waals surface area contributed by atoms with Crippen molar-refractivity contribution in [2.24, 2.45) is 0 Å². The van der Waals surface area contributed by atoms with Gasteiger partial charge in [0, 0.05) is 23.7 Å². The number of hydrogen-bond donors (Lipinski definition) is 1. The fourth-order valence-corrected chi connectivity index (χ4v) is 2.17. The Hall–Kier alpha value is -0.770. The van der Waals surface area contributed by atoms with Crippen LogP contribution in [-0.2, 0) is 11.3 Å². The average Bonchev–Trinajstić information content (AvgIpc) is 2.34. The van der Waals surface area contributed by atoms with Crippen LogP contribution >= 0.6 is 11.6 Å². The van der Waals surface area contributed by atoms with E-state index in [1.807, 2.05) is 25.2 Å². The topological polar surface area (TPSA) is 30.5 Å². The van der Waals surface area contributed by atoms with Crippen LogP contribution in [-0.4, -0.2) is 26.4 Å². The van der Waals surface area contributed by atoms with E-state index in [0.717, 1.165) is 42.3 Å². The minimum Gasteiger partial charge on any atom is -0.488 e. The van der Waals surface area contributed by atoms with Crippen molar-refractivity contribution in [2.45, 2.75) is 25.5 Å². The zero-order valence-electron chi connectivity index (χ0n) is 10.0. The van der Waals surface area contributed by atoms with Crippen LogP contribution in [0.15, 0.2) is 18.2 Å². The number of ether oxygens (including phenoxy) is 2. The molecule has 3 nitrogen and oxygen atoms in total. The standard InChI is InChI=1S/C13H18ClNO2/c1-15-8-10-7-11(14)4-5-13(10)17-12-3-2-6-16-9-12/h4-5,7,12,15H,2-3,6,8-9H2,1H3. The number of hydrogen-bond acceptors (Lipinski definition) is 3. The van der Waals surface area contributed by atoms with Crippen LogP contribution in [0.25, 0.3) is 0 Å². The van der Waals surface area contributed by atoms with Gasteiger partial charge in [0.2, 0.25) is 0 Å². The van der Waals surface area contributed by atoms with E-state index in [4.69, 9.17) is 21.1 Å². The van der Waals surface area contributed by atoms with Crippen LogP contribution in [0.1, 0.15) is 18.4 Å². The molecule has 1 atom stereocenters. The largest absolute Gasteiger partial charge is 0.488 e. The van der Waals surface area contributed by atoms with Gasteiger partial charge in [0.25, 0.3) is 0 Å². The highest BCUT2D eigenvalue weighted by Crippen LogP contribution is 2.25. The SMILES string of the molecule is CNCc1cc(Cl)ccc1OC1CCCOC1. The smallest absolute Gasteiger partial charge is 0.124 e. The van der Waals surface area contributed by atoms with Gasteiger partial charge >= 0.3 is 0 Å². The predicted molar refractivity (Wildman–Crippen MR) is 68.7 cm³/mol. The highest BCUT2D eigenvalue weighted by molar-refractivity contribution is 6.30. The molecule has 1 heterocycles. The normalized spacial score (nSPS) is 20.2. The van der Waals surface area contributed by atoms with Gasteiger partial charge in [-0.25, -0.2) is 0 Å². The Morgan fingerprint density at radius 1 is 1.53 bits per heavy atom. The maximum Gasteiger partial charge on any atom is 0.124 e. The molecule has 0 spiro atoms. The third kappa shape index (κ3) is 3.60. The third-order valence-corrected chi connectivity index (χ3v) is 3.04. The number of benzene rings is 1. The van der Waals surface area contributed by atoms with E-state index < -0.39 is 0 Å². The van der Waals surface area contributed by atoms with Crippen molar-refractivity contribution in [2.75, 3.05) is 20.3 Å². The van der Waals surface area contributed by atoms with E-state index in [1.165, 1.54) is 0 Å². The Morgan fingerprint density at radius 3 is 3.12 bits per heavy atom. The zero-order chi connectivity index (χ0) is 12.1. The molecule has 0 radical (unpaired) electrons. The molecule has 1 aromatic rings. The second kappa shape index (κ2) is 6.24. The summed E-state index contributed by atoms with van der Waals surface area (Å²) in [4.78, 5) is 0. The van der Waals surface area contributed by atoms with Gasteiger partial charge in [-0.2, -0.15) is 0 Å². The molecular weight excluding hydrogens is 238 g/mol. The molecule has 17 heavy (non-hydrogen) atoms. The van der Waals surface area contributed by atoms with Gasteiger partial charge in [0.1, 0.15) is 11.9 Å². The fourth-order valence-electron chi connectivity index (χ4n) is 1.98. The van der Waals surface area contributed by atoms with Gasteiger partial charge in [-0.05, 0) is 38.1 Å². The van der Waals surface area contributed by atoms with Crippen molar-refractivity contribution in [3.05, 3.63) is 28.8 Å². The Kier molecular flexibility index (Phi) is 4.66. The first-order valence-electron chi connectivity index (χ1n) is 5.97. The minimum atomic E-state index is 0.167. The van der Waals surface area contributed by atoms with Crippen molar-refractivity contribution < 1.29 is 9.47 Å². The van der Waals surface area contributed by atoms with Crippen LogP contribution in [0.3, 0.4) is 0 Å². The zero-order valence-corrected chi connectivity index (χ0v) is 10.8. The van der Waals surface area contributed by atoms with Crippen LogP contribution < -0.4 is 10.1 Å². The van der Waals surface area contributed by atoms with Crippen molar-refractivity contribution in [1.82, 2.24) is 5.32 Å². The molecule has 0 aliphatic carbocycles. The van der Waals surface area contributed by atoms with Crippen molar-refractivity contribution >= 4 is 11.6 Å². The molecule has 0 bridgehead atoms. The van der Waals surface area contributed by atoms with Gasteiger partial charge in [0.05, 0.1) is 6.61 Å². The summed E-state index contributed by atoms with van der Waals surface area (Å²) in [6, 6.07) is 5.74. The molecule has 4 heteroatoms. The van der Waals surface area contributed by atoms with E-state index in [1.54, 1.807) is 0 Å². The van der Waals surface area contributed by atoms with Gasteiger partial charge < -0.3 is 14.8 Å². The Bertz CT molecular complexity index is 364. The lowest BCUT2D eigenvalue weighted by Gasteiger charge is -2.24. The summed E-state index contributed by atoms with van der Waals surface area (Å²) in [5, 5.41) is 3.86. The van der Waals surface area contributed by atoms with Gasteiger partial charge in [-0.15, -0.1) is 0 Å². The lowest BCUT2D eigenvalue weighted by Crippen LogP contribution is -2.28. The van der Waals surface area contributed by atoms with Gasteiger partial charge in [0.15, 0.2) is 0 Å². The number of nitrogens with one attached hydrogen (secondary N) is 1. The van der Waals surface area contributed by atoms with E-state index in [2.05, 4.69) is 5.32 Å². The van der Waals surface area contributed by atoms with Crippen molar-refractivity contribution in [3.63, 3.8) is 0 Å². The second-order valence-corrected chi connectivity index (χ2v) is 4.68. The van der Waals surface area contributed by atoms with E-state index in [-0.39, 0.29) is 6.10 Å². The average molecular weight is 256 g/mol. The lowest BCUT2D eigenvalue weighted by atomic mass is 10.1. The Morgan fingerprint density at radius 2 is 2.41 bits per heavy atom. The maximum absolute atomic E-state index is 5.99. The molecule has 0 amide bonds. The van der Waals surface area contributed by atoms with E-state index in [0.29, 0.717) is 6.61 Å². The Labute approximate surface area is 107 Å². The maximum atomic E-state index is 5.99. The monoisotopic (exact) mass is 255 g/mol. The van der Waals surface area contributed by atoms with Crippen molar-refractivity contribution in [1.29, 1.82) is 0 Å². The summed E-state index contributed by atoms with van der Waals surface area (Å²) in [6.45, 7) is 2.29. The molecule has 1 aliphatic heterocycles. The van der Waals surface area contributed by atoms with Crippen LogP contribution in [0.2, 0.25) is 5.02 Å². The van der Waals surface area contributed by atoms with Crippen LogP contribution in [0.5, 0.6) is 5.75 Å². The molecular formula is C13H18ClNO2. The number of halogens is 1. The van der Waals surface area contributed by atoms with E-state index in [9.17, 15) is 0 Å². The quantitative estimate of drug-likeness (QED) is 0.897. The van der Waals surface area contributed by atoms with Gasteiger partial charge in [-0.3, -0.25) is 0 Å². The molecule has 1 aliphatic rings. The summed E-state index contributed by atoms with van der Waals surface area (Å²) in [6.07, 6.45) is 2.29.